The molecule has 4 fully saturated rings. The quantitative estimate of drug-likeness (QED) is 0.776. The molecule has 4 rings (SSSR count). The van der Waals surface area contributed by atoms with Gasteiger partial charge in [-0.2, -0.15) is 0 Å². The van der Waals surface area contributed by atoms with E-state index < -0.39 is 0 Å². The standard InChI is InChI=1S/C15H22N2OS/c18-13-15(9-10-15)19-14(16-11-5-1-2-6-11)17(13)12-7-3-4-8-12/h11-12H,1-10H2. The predicted molar refractivity (Wildman–Crippen MR) is 78.3 cm³/mol. The molecule has 1 heterocycles. The van der Waals surface area contributed by atoms with Crippen LogP contribution in [0.3, 0.4) is 0 Å². The van der Waals surface area contributed by atoms with Gasteiger partial charge in [-0.05, 0) is 38.5 Å². The number of hydrogen-bond donors (Lipinski definition) is 0. The van der Waals surface area contributed by atoms with Gasteiger partial charge in [0, 0.05) is 6.04 Å². The molecule has 4 aliphatic rings. The maximum absolute atomic E-state index is 12.7. The van der Waals surface area contributed by atoms with Crippen LogP contribution in [-0.4, -0.2) is 32.8 Å². The van der Waals surface area contributed by atoms with Crippen molar-refractivity contribution in [2.45, 2.75) is 81.0 Å². The zero-order valence-electron chi connectivity index (χ0n) is 11.4. The van der Waals surface area contributed by atoms with Crippen molar-refractivity contribution in [2.75, 3.05) is 0 Å². The normalized spacial score (nSPS) is 33.2. The molecule has 0 N–H and O–H groups in total. The molecule has 104 valence electrons. The molecule has 1 spiro atoms. The third-order valence-corrected chi connectivity index (χ3v) is 6.57. The van der Waals surface area contributed by atoms with Crippen molar-refractivity contribution in [3.05, 3.63) is 0 Å². The Morgan fingerprint density at radius 1 is 1.05 bits per heavy atom. The number of nitrogens with zero attached hydrogens (tertiary/aromatic N) is 2. The van der Waals surface area contributed by atoms with Crippen molar-refractivity contribution in [3.63, 3.8) is 0 Å². The summed E-state index contributed by atoms with van der Waals surface area (Å²) in [7, 11) is 0. The number of hydrogen-bond acceptors (Lipinski definition) is 3. The van der Waals surface area contributed by atoms with Crippen LogP contribution in [-0.2, 0) is 4.79 Å². The highest BCUT2D eigenvalue weighted by Gasteiger charge is 2.61. The van der Waals surface area contributed by atoms with Crippen LogP contribution < -0.4 is 0 Å². The summed E-state index contributed by atoms with van der Waals surface area (Å²) in [4.78, 5) is 19.8. The number of thioether (sulfide) groups is 1. The first-order chi connectivity index (χ1) is 9.28. The molecule has 3 aliphatic carbocycles. The average Bonchev–Trinajstić information content (AvgIpc) is 2.83. The highest BCUT2D eigenvalue weighted by Crippen LogP contribution is 2.56. The first-order valence-corrected chi connectivity index (χ1v) is 8.71. The van der Waals surface area contributed by atoms with Crippen LogP contribution in [0.15, 0.2) is 4.99 Å². The summed E-state index contributed by atoms with van der Waals surface area (Å²) < 4.78 is -0.0694. The Kier molecular flexibility index (Phi) is 2.90. The lowest BCUT2D eigenvalue weighted by Gasteiger charge is -2.24. The Bertz CT molecular complexity index is 418. The summed E-state index contributed by atoms with van der Waals surface area (Å²) in [5, 5.41) is 1.08. The lowest BCUT2D eigenvalue weighted by molar-refractivity contribution is -0.128. The SMILES string of the molecule is O=C1N(C2CCCC2)C(=NC2CCCC2)SC12CC2. The fraction of sp³-hybridized carbons (Fsp3) is 0.867. The molecule has 0 radical (unpaired) electrons. The molecule has 0 aromatic carbocycles. The zero-order chi connectivity index (χ0) is 12.9. The van der Waals surface area contributed by atoms with Crippen molar-refractivity contribution in [3.8, 4) is 0 Å². The van der Waals surface area contributed by atoms with E-state index in [0.29, 0.717) is 18.0 Å². The maximum Gasteiger partial charge on any atom is 0.245 e. The third kappa shape index (κ3) is 2.03. The van der Waals surface area contributed by atoms with Gasteiger partial charge in [0.2, 0.25) is 5.91 Å². The molecule has 1 saturated heterocycles. The third-order valence-electron chi connectivity index (χ3n) is 5.11. The van der Waals surface area contributed by atoms with Gasteiger partial charge in [-0.1, -0.05) is 37.4 Å². The largest absolute Gasteiger partial charge is 0.287 e. The number of aliphatic imine (C=N–C) groups is 1. The minimum atomic E-state index is -0.0694. The first kappa shape index (κ1) is 12.2. The summed E-state index contributed by atoms with van der Waals surface area (Å²) in [5.41, 5.74) is 0. The van der Waals surface area contributed by atoms with E-state index in [-0.39, 0.29) is 4.75 Å². The molecular weight excluding hydrogens is 256 g/mol. The van der Waals surface area contributed by atoms with Gasteiger partial charge in [-0.3, -0.25) is 14.7 Å². The minimum Gasteiger partial charge on any atom is -0.287 e. The highest BCUT2D eigenvalue weighted by molar-refractivity contribution is 8.16. The van der Waals surface area contributed by atoms with Crippen molar-refractivity contribution in [2.24, 2.45) is 4.99 Å². The summed E-state index contributed by atoms with van der Waals surface area (Å²) in [6.07, 6.45) is 12.2. The van der Waals surface area contributed by atoms with Gasteiger partial charge < -0.3 is 0 Å². The van der Waals surface area contributed by atoms with E-state index in [4.69, 9.17) is 4.99 Å². The Hall–Kier alpha value is -0.510. The first-order valence-electron chi connectivity index (χ1n) is 7.89. The minimum absolute atomic E-state index is 0.0694. The van der Waals surface area contributed by atoms with Crippen LogP contribution >= 0.6 is 11.8 Å². The average molecular weight is 278 g/mol. The summed E-state index contributed by atoms with van der Waals surface area (Å²) >= 11 is 1.80. The molecule has 0 bridgehead atoms. The number of amidine groups is 1. The fourth-order valence-corrected chi connectivity index (χ4v) is 5.14. The molecule has 3 nitrogen and oxygen atoms in total. The van der Waals surface area contributed by atoms with E-state index in [1.807, 2.05) is 0 Å². The van der Waals surface area contributed by atoms with Crippen molar-refractivity contribution in [1.29, 1.82) is 0 Å². The van der Waals surface area contributed by atoms with Crippen molar-refractivity contribution >= 4 is 22.8 Å². The molecular formula is C15H22N2OS. The second kappa shape index (κ2) is 4.51. The summed E-state index contributed by atoms with van der Waals surface area (Å²) in [6.45, 7) is 0. The van der Waals surface area contributed by atoms with E-state index in [0.717, 1.165) is 18.0 Å². The lowest BCUT2D eigenvalue weighted by Crippen LogP contribution is -2.40. The number of amides is 1. The molecule has 1 aliphatic heterocycles. The van der Waals surface area contributed by atoms with E-state index in [2.05, 4.69) is 4.90 Å². The Morgan fingerprint density at radius 2 is 1.68 bits per heavy atom. The molecule has 3 saturated carbocycles. The number of carbonyl (C=O) groups is 1. The smallest absolute Gasteiger partial charge is 0.245 e. The van der Waals surface area contributed by atoms with Crippen molar-refractivity contribution < 1.29 is 4.79 Å². The van der Waals surface area contributed by atoms with Crippen LogP contribution in [0.5, 0.6) is 0 Å². The molecule has 0 aromatic heterocycles. The van der Waals surface area contributed by atoms with E-state index in [1.54, 1.807) is 11.8 Å². The van der Waals surface area contributed by atoms with Gasteiger partial charge in [-0.25, -0.2) is 0 Å². The van der Waals surface area contributed by atoms with Gasteiger partial charge in [0.05, 0.1) is 6.04 Å². The summed E-state index contributed by atoms with van der Waals surface area (Å²) in [5.74, 6) is 0.390. The van der Waals surface area contributed by atoms with E-state index in [1.165, 1.54) is 51.4 Å². The molecule has 4 heteroatoms. The van der Waals surface area contributed by atoms with Crippen molar-refractivity contribution in [1.82, 2.24) is 4.90 Å². The van der Waals surface area contributed by atoms with Crippen LogP contribution in [0.4, 0.5) is 0 Å². The number of rotatable bonds is 2. The zero-order valence-corrected chi connectivity index (χ0v) is 12.3. The molecule has 0 unspecified atom stereocenters. The topological polar surface area (TPSA) is 32.7 Å². The van der Waals surface area contributed by atoms with Gasteiger partial charge >= 0.3 is 0 Å². The van der Waals surface area contributed by atoms with E-state index in [9.17, 15) is 4.79 Å². The Labute approximate surface area is 119 Å². The lowest BCUT2D eigenvalue weighted by atomic mass is 10.2. The van der Waals surface area contributed by atoms with E-state index >= 15 is 0 Å². The summed E-state index contributed by atoms with van der Waals surface area (Å²) in [6, 6.07) is 0.952. The van der Waals surface area contributed by atoms with Gasteiger partial charge in [-0.15, -0.1) is 0 Å². The molecule has 19 heavy (non-hydrogen) atoms. The molecule has 0 aromatic rings. The van der Waals surface area contributed by atoms with Crippen LogP contribution in [0.2, 0.25) is 0 Å². The van der Waals surface area contributed by atoms with Gasteiger partial charge in [0.1, 0.15) is 4.75 Å². The van der Waals surface area contributed by atoms with Gasteiger partial charge in [0.25, 0.3) is 0 Å². The molecule has 1 amide bonds. The molecule has 0 atom stereocenters. The second-order valence-electron chi connectivity index (χ2n) is 6.56. The van der Waals surface area contributed by atoms with Crippen LogP contribution in [0, 0.1) is 0 Å². The number of carbonyl (C=O) groups excluding carboxylic acids is 1. The predicted octanol–water partition coefficient (Wildman–Crippen LogP) is 3.34. The van der Waals surface area contributed by atoms with Crippen LogP contribution in [0.1, 0.15) is 64.2 Å². The maximum atomic E-state index is 12.7. The monoisotopic (exact) mass is 278 g/mol. The second-order valence-corrected chi connectivity index (χ2v) is 7.91. The highest BCUT2D eigenvalue weighted by atomic mass is 32.2. The fourth-order valence-electron chi connectivity index (χ4n) is 3.77. The van der Waals surface area contributed by atoms with Crippen LogP contribution in [0.25, 0.3) is 0 Å². The van der Waals surface area contributed by atoms with Gasteiger partial charge in [0.15, 0.2) is 5.17 Å². The Balaban J connectivity index is 1.61. The Morgan fingerprint density at radius 3 is 2.32 bits per heavy atom.